The smallest absolute Gasteiger partial charge is 0.241 e. The number of hydrogen-bond acceptors (Lipinski definition) is 5. The quantitative estimate of drug-likeness (QED) is 0.777. The zero-order valence-electron chi connectivity index (χ0n) is 12.0. The van der Waals surface area contributed by atoms with E-state index in [1.807, 2.05) is 25.1 Å². The van der Waals surface area contributed by atoms with Gasteiger partial charge in [-0.1, -0.05) is 0 Å². The molecule has 6 nitrogen and oxygen atoms in total. The second kappa shape index (κ2) is 4.94. The van der Waals surface area contributed by atoms with Crippen LogP contribution in [0.5, 0.6) is 0 Å². The lowest BCUT2D eigenvalue weighted by Gasteiger charge is -2.46. The molecular weight excluding hydrogens is 254 g/mol. The van der Waals surface area contributed by atoms with Crippen LogP contribution in [0.4, 0.5) is 11.4 Å². The van der Waals surface area contributed by atoms with Gasteiger partial charge in [0.2, 0.25) is 5.91 Å². The highest BCUT2D eigenvalue weighted by Crippen LogP contribution is 2.29. The average molecular weight is 275 g/mol. The minimum absolute atomic E-state index is 0.0468. The van der Waals surface area contributed by atoms with Gasteiger partial charge in [-0.25, -0.2) is 0 Å². The van der Waals surface area contributed by atoms with Crippen molar-refractivity contribution in [2.45, 2.75) is 13.0 Å². The summed E-state index contributed by atoms with van der Waals surface area (Å²) < 4.78 is 0. The Morgan fingerprint density at radius 1 is 1.25 bits per heavy atom. The maximum absolute atomic E-state index is 12.3. The van der Waals surface area contributed by atoms with Gasteiger partial charge < -0.3 is 15.5 Å². The molecule has 2 aliphatic heterocycles. The van der Waals surface area contributed by atoms with E-state index in [2.05, 4.69) is 14.8 Å². The van der Waals surface area contributed by atoms with Crippen LogP contribution in [0, 0.1) is 6.92 Å². The minimum Gasteiger partial charge on any atom is -0.396 e. The number of piperazine rings is 2. The number of fused-ring (bicyclic) bond motifs is 1. The third-order valence-corrected chi connectivity index (χ3v) is 4.32. The highest BCUT2D eigenvalue weighted by atomic mass is 16.2. The lowest BCUT2D eigenvalue weighted by atomic mass is 10.1. The Bertz CT molecular complexity index is 512. The molecule has 3 rings (SSSR count). The van der Waals surface area contributed by atoms with E-state index in [0.29, 0.717) is 12.2 Å². The van der Waals surface area contributed by atoms with E-state index in [0.717, 1.165) is 37.4 Å². The normalized spacial score (nSPS) is 23.9. The second-order valence-electron chi connectivity index (χ2n) is 5.65. The number of likely N-dealkylation sites (N-methyl/N-ethyl adjacent to an activating group) is 1. The van der Waals surface area contributed by atoms with Crippen LogP contribution < -0.4 is 10.6 Å². The molecule has 0 saturated carbocycles. The number of nitrogen functional groups attached to an aromatic ring is 1. The molecule has 1 atom stereocenters. The molecule has 0 spiro atoms. The zero-order valence-corrected chi connectivity index (χ0v) is 12.0. The van der Waals surface area contributed by atoms with Crippen LogP contribution in [0.15, 0.2) is 12.4 Å². The average Bonchev–Trinajstić information content (AvgIpc) is 2.43. The Kier molecular flexibility index (Phi) is 3.25. The number of aromatic nitrogens is 1. The van der Waals surface area contributed by atoms with Gasteiger partial charge in [0.05, 0.1) is 17.6 Å². The monoisotopic (exact) mass is 275 g/mol. The first-order chi connectivity index (χ1) is 9.58. The van der Waals surface area contributed by atoms with Crippen LogP contribution in [0.3, 0.4) is 0 Å². The third kappa shape index (κ3) is 2.10. The summed E-state index contributed by atoms with van der Waals surface area (Å²) in [5, 5.41) is 0. The van der Waals surface area contributed by atoms with Crippen molar-refractivity contribution < 1.29 is 4.79 Å². The van der Waals surface area contributed by atoms with Gasteiger partial charge >= 0.3 is 0 Å². The van der Waals surface area contributed by atoms with E-state index in [1.165, 1.54) is 0 Å². The van der Waals surface area contributed by atoms with Crippen LogP contribution in [0.25, 0.3) is 0 Å². The maximum Gasteiger partial charge on any atom is 0.241 e. The first-order valence-electron chi connectivity index (χ1n) is 7.02. The van der Waals surface area contributed by atoms with E-state index in [4.69, 9.17) is 5.73 Å². The molecule has 6 heteroatoms. The predicted molar refractivity (Wildman–Crippen MR) is 78.6 cm³/mol. The highest BCUT2D eigenvalue weighted by Gasteiger charge is 2.37. The van der Waals surface area contributed by atoms with Crippen molar-refractivity contribution in [1.29, 1.82) is 0 Å². The molecule has 2 fully saturated rings. The molecule has 1 aromatic heterocycles. The molecule has 20 heavy (non-hydrogen) atoms. The molecule has 2 N–H and O–H groups in total. The number of aryl methyl sites for hydroxylation is 1. The van der Waals surface area contributed by atoms with Crippen LogP contribution in [-0.2, 0) is 4.79 Å². The number of amides is 1. The summed E-state index contributed by atoms with van der Waals surface area (Å²) in [6.45, 7) is 6.32. The number of nitrogens with two attached hydrogens (primary N) is 1. The van der Waals surface area contributed by atoms with Gasteiger partial charge in [-0.3, -0.25) is 14.7 Å². The summed E-state index contributed by atoms with van der Waals surface area (Å²) in [5.41, 5.74) is 8.85. The van der Waals surface area contributed by atoms with Gasteiger partial charge in [-0.2, -0.15) is 0 Å². The first-order valence-corrected chi connectivity index (χ1v) is 7.02. The number of rotatable bonds is 1. The third-order valence-electron chi connectivity index (χ3n) is 4.32. The van der Waals surface area contributed by atoms with Gasteiger partial charge in [0.15, 0.2) is 0 Å². The Hall–Kier alpha value is -1.82. The summed E-state index contributed by atoms with van der Waals surface area (Å²) in [5.74, 6) is 0.214. The molecule has 3 heterocycles. The highest BCUT2D eigenvalue weighted by molar-refractivity contribution is 5.84. The predicted octanol–water partition coefficient (Wildman–Crippen LogP) is -0.0652. The Morgan fingerprint density at radius 2 is 2.00 bits per heavy atom. The van der Waals surface area contributed by atoms with Crippen molar-refractivity contribution in [2.24, 2.45) is 0 Å². The molecule has 108 valence electrons. The molecule has 1 unspecified atom stereocenters. The van der Waals surface area contributed by atoms with Crippen LogP contribution >= 0.6 is 0 Å². The van der Waals surface area contributed by atoms with Crippen molar-refractivity contribution in [3.8, 4) is 0 Å². The topological polar surface area (TPSA) is 65.7 Å². The number of carbonyl (C=O) groups is 1. The summed E-state index contributed by atoms with van der Waals surface area (Å²) >= 11 is 0. The Labute approximate surface area is 119 Å². The fourth-order valence-corrected chi connectivity index (χ4v) is 3.18. The molecule has 0 radical (unpaired) electrons. The van der Waals surface area contributed by atoms with Crippen LogP contribution in [0.1, 0.15) is 5.56 Å². The fraction of sp³-hybridized carbons (Fsp3) is 0.571. The summed E-state index contributed by atoms with van der Waals surface area (Å²) in [4.78, 5) is 22.8. The lowest BCUT2D eigenvalue weighted by molar-refractivity contribution is -0.140. The minimum atomic E-state index is -0.0468. The summed E-state index contributed by atoms with van der Waals surface area (Å²) in [7, 11) is 1.88. The fourth-order valence-electron chi connectivity index (χ4n) is 3.18. The van der Waals surface area contributed by atoms with Crippen molar-refractivity contribution in [3.05, 3.63) is 18.0 Å². The molecular formula is C14H21N5O. The summed E-state index contributed by atoms with van der Waals surface area (Å²) in [6.07, 6.45) is 3.51. The lowest BCUT2D eigenvalue weighted by Crippen LogP contribution is -2.64. The van der Waals surface area contributed by atoms with Gasteiger partial charge in [-0.05, 0) is 12.5 Å². The van der Waals surface area contributed by atoms with E-state index in [-0.39, 0.29) is 11.9 Å². The number of anilines is 2. The van der Waals surface area contributed by atoms with E-state index in [9.17, 15) is 4.79 Å². The zero-order chi connectivity index (χ0) is 14.3. The molecule has 0 aromatic carbocycles. The standard InChI is InChI=1S/C14H21N5O/c1-10-7-16-8-11(15)13(10)19-6-5-18-4-3-17(2)14(20)12(18)9-19/h7-8,12H,3-6,9,15H2,1-2H3. The Morgan fingerprint density at radius 3 is 2.75 bits per heavy atom. The Balaban J connectivity index is 1.86. The molecule has 2 aliphatic rings. The van der Waals surface area contributed by atoms with Crippen LogP contribution in [-0.4, -0.2) is 66.5 Å². The maximum atomic E-state index is 12.3. The van der Waals surface area contributed by atoms with Crippen molar-refractivity contribution in [1.82, 2.24) is 14.8 Å². The molecule has 1 aromatic rings. The summed E-state index contributed by atoms with van der Waals surface area (Å²) in [6, 6.07) is -0.0468. The molecule has 0 bridgehead atoms. The van der Waals surface area contributed by atoms with E-state index < -0.39 is 0 Å². The SMILES string of the molecule is Cc1cncc(N)c1N1CCN2CCN(C)C(=O)C2C1. The number of pyridine rings is 1. The molecule has 1 amide bonds. The van der Waals surface area contributed by atoms with Crippen molar-refractivity contribution in [3.63, 3.8) is 0 Å². The van der Waals surface area contributed by atoms with E-state index in [1.54, 1.807) is 6.20 Å². The number of nitrogens with zero attached hydrogens (tertiary/aromatic N) is 4. The van der Waals surface area contributed by atoms with Gasteiger partial charge in [-0.15, -0.1) is 0 Å². The number of carbonyl (C=O) groups excluding carboxylic acids is 1. The molecule has 2 saturated heterocycles. The van der Waals surface area contributed by atoms with Crippen LogP contribution in [0.2, 0.25) is 0 Å². The molecule has 0 aliphatic carbocycles. The van der Waals surface area contributed by atoms with E-state index >= 15 is 0 Å². The van der Waals surface area contributed by atoms with Gasteiger partial charge in [0, 0.05) is 46.0 Å². The number of hydrogen-bond donors (Lipinski definition) is 1. The van der Waals surface area contributed by atoms with Crippen molar-refractivity contribution in [2.75, 3.05) is 50.4 Å². The second-order valence-corrected chi connectivity index (χ2v) is 5.65. The van der Waals surface area contributed by atoms with Gasteiger partial charge in [0.1, 0.15) is 6.04 Å². The first kappa shape index (κ1) is 13.2. The largest absolute Gasteiger partial charge is 0.396 e. The van der Waals surface area contributed by atoms with Gasteiger partial charge in [0.25, 0.3) is 0 Å². The van der Waals surface area contributed by atoms with Crippen molar-refractivity contribution >= 4 is 17.3 Å².